The van der Waals surface area contributed by atoms with Crippen molar-refractivity contribution < 1.29 is 0 Å². The summed E-state index contributed by atoms with van der Waals surface area (Å²) in [4.78, 5) is 0. The van der Waals surface area contributed by atoms with Crippen molar-refractivity contribution in [2.24, 2.45) is 7.05 Å². The van der Waals surface area contributed by atoms with Crippen molar-refractivity contribution >= 4 is 11.6 Å². The molecule has 15 heavy (non-hydrogen) atoms. The molecule has 2 heterocycles. The van der Waals surface area contributed by atoms with Crippen LogP contribution in [0.25, 0.3) is 0 Å². The molecule has 0 aliphatic heterocycles. The predicted octanol–water partition coefficient (Wildman–Crippen LogP) is -0.316. The molecule has 0 saturated carbocycles. The number of hydrogen-bond acceptors (Lipinski definition) is 5. The molecule has 7 nitrogen and oxygen atoms in total. The number of nitrogens with one attached hydrogen (secondary N) is 1. The van der Waals surface area contributed by atoms with Crippen molar-refractivity contribution in [3.8, 4) is 0 Å². The zero-order valence-corrected chi connectivity index (χ0v) is 8.68. The Bertz CT molecular complexity index is 455. The minimum Gasteiger partial charge on any atom is -0.396 e. The van der Waals surface area contributed by atoms with Gasteiger partial charge >= 0.3 is 0 Å². The molecule has 0 radical (unpaired) electrons. The summed E-state index contributed by atoms with van der Waals surface area (Å²) in [5.41, 5.74) is 6.21. The fraction of sp³-hybridized carbons (Fsp3) is 0.375. The van der Waals surface area contributed by atoms with Crippen LogP contribution in [0.5, 0.6) is 0 Å². The maximum Gasteiger partial charge on any atom is 0.224 e. The minimum absolute atomic E-state index is 0.558. The van der Waals surface area contributed by atoms with Gasteiger partial charge in [0.2, 0.25) is 5.95 Å². The van der Waals surface area contributed by atoms with Crippen LogP contribution in [-0.4, -0.2) is 31.6 Å². The van der Waals surface area contributed by atoms with E-state index in [1.165, 1.54) is 0 Å². The second-order valence-corrected chi connectivity index (χ2v) is 3.22. The number of hydrogen-bond donors (Lipinski definition) is 2. The lowest BCUT2D eigenvalue weighted by atomic mass is 10.5. The fourth-order valence-corrected chi connectivity index (χ4v) is 1.33. The molecule has 2 rings (SSSR count). The average Bonchev–Trinajstić information content (AvgIpc) is 2.76. The Kier molecular flexibility index (Phi) is 2.28. The highest BCUT2D eigenvalue weighted by Crippen LogP contribution is 2.06. The highest BCUT2D eigenvalue weighted by molar-refractivity contribution is 5.30. The summed E-state index contributed by atoms with van der Waals surface area (Å²) >= 11 is 0. The average molecular weight is 207 g/mol. The molecule has 0 fully saturated rings. The first-order valence-electron chi connectivity index (χ1n) is 4.54. The summed E-state index contributed by atoms with van der Waals surface area (Å²) in [5, 5.41) is 15.0. The van der Waals surface area contributed by atoms with Gasteiger partial charge in [0.1, 0.15) is 6.54 Å². The van der Waals surface area contributed by atoms with Crippen LogP contribution in [-0.2, 0) is 13.6 Å². The lowest BCUT2D eigenvalue weighted by molar-refractivity contribution is 0.631. The largest absolute Gasteiger partial charge is 0.396 e. The molecular formula is C8H13N7. The van der Waals surface area contributed by atoms with Crippen LogP contribution in [0.4, 0.5) is 11.6 Å². The first kappa shape index (κ1) is 9.50. The van der Waals surface area contributed by atoms with E-state index in [1.54, 1.807) is 24.1 Å². The molecule has 3 N–H and O–H groups in total. The highest BCUT2D eigenvalue weighted by atomic mass is 15.4. The lowest BCUT2D eigenvalue weighted by Crippen LogP contribution is -2.07. The number of anilines is 2. The van der Waals surface area contributed by atoms with Crippen molar-refractivity contribution in [1.82, 2.24) is 24.5 Å². The normalized spacial score (nSPS) is 10.5. The Morgan fingerprint density at radius 2 is 2.27 bits per heavy atom. The van der Waals surface area contributed by atoms with E-state index in [-0.39, 0.29) is 0 Å². The molecule has 0 aliphatic carbocycles. The van der Waals surface area contributed by atoms with Gasteiger partial charge in [0.15, 0.2) is 5.82 Å². The third-order valence-corrected chi connectivity index (χ3v) is 2.15. The van der Waals surface area contributed by atoms with Gasteiger partial charge in [-0.05, 0) is 0 Å². The molecule has 0 aromatic carbocycles. The maximum absolute atomic E-state index is 5.56. The zero-order valence-electron chi connectivity index (χ0n) is 8.68. The van der Waals surface area contributed by atoms with E-state index < -0.39 is 0 Å². The molecule has 0 amide bonds. The van der Waals surface area contributed by atoms with E-state index >= 15 is 0 Å². The van der Waals surface area contributed by atoms with Crippen LogP contribution in [0, 0.1) is 0 Å². The molecular weight excluding hydrogens is 194 g/mol. The van der Waals surface area contributed by atoms with Crippen molar-refractivity contribution in [3.05, 3.63) is 18.2 Å². The number of nitrogens with two attached hydrogens (primary N) is 1. The van der Waals surface area contributed by atoms with Crippen molar-refractivity contribution in [2.45, 2.75) is 6.54 Å². The minimum atomic E-state index is 0.558. The van der Waals surface area contributed by atoms with Gasteiger partial charge in [-0.3, -0.25) is 9.25 Å². The SMILES string of the molecule is CNc1nnc(Cn2cc(N)cn2)n1C. The first-order chi connectivity index (χ1) is 7.20. The summed E-state index contributed by atoms with van der Waals surface area (Å²) in [6, 6.07) is 0. The van der Waals surface area contributed by atoms with Crippen molar-refractivity contribution in [2.75, 3.05) is 18.1 Å². The second kappa shape index (κ2) is 3.60. The Hall–Kier alpha value is -2.05. The standard InChI is InChI=1S/C8H13N7/c1-10-8-13-12-7(14(8)2)5-15-4-6(9)3-11-15/h3-4H,5,9H2,1-2H3,(H,10,13). The van der Waals surface area contributed by atoms with Gasteiger partial charge in [-0.2, -0.15) is 5.10 Å². The topological polar surface area (TPSA) is 86.6 Å². The van der Waals surface area contributed by atoms with Crippen LogP contribution in [0.1, 0.15) is 5.82 Å². The Balaban J connectivity index is 2.21. The van der Waals surface area contributed by atoms with E-state index in [4.69, 9.17) is 5.73 Å². The Labute approximate surface area is 86.9 Å². The van der Waals surface area contributed by atoms with Gasteiger partial charge in [-0.25, -0.2) is 0 Å². The zero-order chi connectivity index (χ0) is 10.8. The van der Waals surface area contributed by atoms with E-state index in [2.05, 4.69) is 20.6 Å². The lowest BCUT2D eigenvalue weighted by Gasteiger charge is -2.02. The molecule has 2 aromatic heterocycles. The Morgan fingerprint density at radius 3 is 2.80 bits per heavy atom. The van der Waals surface area contributed by atoms with Gasteiger partial charge in [0, 0.05) is 20.3 Å². The van der Waals surface area contributed by atoms with Gasteiger partial charge < -0.3 is 11.1 Å². The number of nitrogen functional groups attached to an aromatic ring is 1. The number of nitrogens with zero attached hydrogens (tertiary/aromatic N) is 5. The predicted molar refractivity (Wildman–Crippen MR) is 56.3 cm³/mol. The molecule has 0 saturated heterocycles. The number of aromatic nitrogens is 5. The third-order valence-electron chi connectivity index (χ3n) is 2.15. The van der Waals surface area contributed by atoms with Crippen LogP contribution in [0.3, 0.4) is 0 Å². The molecule has 2 aromatic rings. The van der Waals surface area contributed by atoms with E-state index in [1.807, 2.05) is 11.6 Å². The molecule has 80 valence electrons. The second-order valence-electron chi connectivity index (χ2n) is 3.22. The van der Waals surface area contributed by atoms with Gasteiger partial charge in [-0.15, -0.1) is 10.2 Å². The fourth-order valence-electron chi connectivity index (χ4n) is 1.33. The number of rotatable bonds is 3. The summed E-state index contributed by atoms with van der Waals surface area (Å²) in [7, 11) is 3.70. The van der Waals surface area contributed by atoms with E-state index in [9.17, 15) is 0 Å². The maximum atomic E-state index is 5.56. The third kappa shape index (κ3) is 1.76. The van der Waals surface area contributed by atoms with Crippen LogP contribution in [0.15, 0.2) is 12.4 Å². The highest BCUT2D eigenvalue weighted by Gasteiger charge is 2.07. The monoisotopic (exact) mass is 207 g/mol. The van der Waals surface area contributed by atoms with Crippen molar-refractivity contribution in [1.29, 1.82) is 0 Å². The molecule has 0 spiro atoms. The quantitative estimate of drug-likeness (QED) is 0.720. The molecule has 7 heteroatoms. The molecule has 0 aliphatic rings. The summed E-state index contributed by atoms with van der Waals surface area (Å²) in [5.74, 6) is 1.55. The first-order valence-corrected chi connectivity index (χ1v) is 4.54. The van der Waals surface area contributed by atoms with Gasteiger partial charge in [0.25, 0.3) is 0 Å². The molecule has 0 unspecified atom stereocenters. The summed E-state index contributed by atoms with van der Waals surface area (Å²) in [6.07, 6.45) is 3.36. The van der Waals surface area contributed by atoms with E-state index in [0.717, 1.165) is 11.8 Å². The summed E-state index contributed by atoms with van der Waals surface area (Å²) < 4.78 is 3.59. The summed E-state index contributed by atoms with van der Waals surface area (Å²) in [6.45, 7) is 0.558. The van der Waals surface area contributed by atoms with Crippen LogP contribution in [0.2, 0.25) is 0 Å². The van der Waals surface area contributed by atoms with Gasteiger partial charge in [-0.1, -0.05) is 0 Å². The molecule has 0 bridgehead atoms. The van der Waals surface area contributed by atoms with Crippen molar-refractivity contribution in [3.63, 3.8) is 0 Å². The Morgan fingerprint density at radius 1 is 1.47 bits per heavy atom. The smallest absolute Gasteiger partial charge is 0.224 e. The van der Waals surface area contributed by atoms with Gasteiger partial charge in [0.05, 0.1) is 11.9 Å². The van der Waals surface area contributed by atoms with E-state index in [0.29, 0.717) is 12.2 Å². The van der Waals surface area contributed by atoms with Crippen LogP contribution < -0.4 is 11.1 Å². The molecule has 0 atom stereocenters. The van der Waals surface area contributed by atoms with Crippen LogP contribution >= 0.6 is 0 Å².